The number of aliphatic hydroxyl groups excluding tert-OH is 1. The van der Waals surface area contributed by atoms with E-state index in [1.165, 1.54) is 0 Å². The smallest absolute Gasteiger partial charge is 0.124 e. The molecular weight excluding hydrogens is 246 g/mol. The van der Waals surface area contributed by atoms with Crippen LogP contribution in [0.25, 0.3) is 0 Å². The SMILES string of the molecule is COCCN(C)CC(O)c1cc(OC)ccc1OC. The number of hydrogen-bond donors (Lipinski definition) is 1. The van der Waals surface area contributed by atoms with Crippen LogP contribution in [0.4, 0.5) is 0 Å². The summed E-state index contributed by atoms with van der Waals surface area (Å²) in [7, 11) is 6.79. The number of benzene rings is 1. The highest BCUT2D eigenvalue weighted by atomic mass is 16.5. The highest BCUT2D eigenvalue weighted by molar-refractivity contribution is 5.41. The second-order valence-electron chi connectivity index (χ2n) is 4.38. The molecule has 1 unspecified atom stereocenters. The average molecular weight is 269 g/mol. The zero-order valence-electron chi connectivity index (χ0n) is 12.0. The predicted octanol–water partition coefficient (Wildman–Crippen LogP) is 1.32. The van der Waals surface area contributed by atoms with Gasteiger partial charge in [0.15, 0.2) is 0 Å². The first kappa shape index (κ1) is 15.8. The summed E-state index contributed by atoms with van der Waals surface area (Å²) >= 11 is 0. The molecule has 1 aromatic rings. The molecule has 0 spiro atoms. The number of hydrogen-bond acceptors (Lipinski definition) is 5. The largest absolute Gasteiger partial charge is 0.497 e. The van der Waals surface area contributed by atoms with Gasteiger partial charge in [0, 0.05) is 25.8 Å². The van der Waals surface area contributed by atoms with Crippen LogP contribution in [0.1, 0.15) is 11.7 Å². The van der Waals surface area contributed by atoms with E-state index in [2.05, 4.69) is 0 Å². The lowest BCUT2D eigenvalue weighted by atomic mass is 10.1. The van der Waals surface area contributed by atoms with Gasteiger partial charge in [-0.15, -0.1) is 0 Å². The van der Waals surface area contributed by atoms with Gasteiger partial charge < -0.3 is 24.2 Å². The van der Waals surface area contributed by atoms with Gasteiger partial charge in [0.25, 0.3) is 0 Å². The molecule has 1 N–H and O–H groups in total. The van der Waals surface area contributed by atoms with E-state index in [1.54, 1.807) is 33.5 Å². The Balaban J connectivity index is 2.76. The van der Waals surface area contributed by atoms with Crippen LogP contribution in [0.2, 0.25) is 0 Å². The van der Waals surface area contributed by atoms with Crippen molar-refractivity contribution in [2.75, 3.05) is 48.1 Å². The Hall–Kier alpha value is -1.30. The van der Waals surface area contributed by atoms with E-state index in [0.717, 1.165) is 12.1 Å². The maximum absolute atomic E-state index is 10.3. The molecule has 0 heterocycles. The van der Waals surface area contributed by atoms with Crippen molar-refractivity contribution in [1.82, 2.24) is 4.90 Å². The van der Waals surface area contributed by atoms with Crippen LogP contribution in [0.3, 0.4) is 0 Å². The number of aliphatic hydroxyl groups is 1. The molecule has 0 bridgehead atoms. The van der Waals surface area contributed by atoms with Crippen molar-refractivity contribution in [3.05, 3.63) is 23.8 Å². The number of methoxy groups -OCH3 is 3. The van der Waals surface area contributed by atoms with Crippen molar-refractivity contribution >= 4 is 0 Å². The summed E-state index contributed by atoms with van der Waals surface area (Å²) in [6, 6.07) is 5.41. The fraction of sp³-hybridized carbons (Fsp3) is 0.571. The van der Waals surface area contributed by atoms with E-state index in [4.69, 9.17) is 14.2 Å². The number of nitrogens with zero attached hydrogens (tertiary/aromatic N) is 1. The molecular formula is C14H23NO4. The molecule has 0 saturated carbocycles. The summed E-state index contributed by atoms with van der Waals surface area (Å²) in [6.45, 7) is 1.91. The molecule has 5 nitrogen and oxygen atoms in total. The van der Waals surface area contributed by atoms with Crippen molar-refractivity contribution in [2.45, 2.75) is 6.10 Å². The number of likely N-dealkylation sites (N-methyl/N-ethyl adjacent to an activating group) is 1. The standard InChI is InChI=1S/C14H23NO4/c1-15(7-8-17-2)10-13(16)12-9-11(18-3)5-6-14(12)19-4/h5-6,9,13,16H,7-8,10H2,1-4H3. The van der Waals surface area contributed by atoms with Crippen LogP contribution in [0.15, 0.2) is 18.2 Å². The Morgan fingerprint density at radius 1 is 1.21 bits per heavy atom. The molecule has 0 fully saturated rings. The highest BCUT2D eigenvalue weighted by Crippen LogP contribution is 2.29. The zero-order valence-corrected chi connectivity index (χ0v) is 12.0. The topological polar surface area (TPSA) is 51.2 Å². The van der Waals surface area contributed by atoms with E-state index in [9.17, 15) is 5.11 Å². The van der Waals surface area contributed by atoms with Crippen molar-refractivity contribution < 1.29 is 19.3 Å². The van der Waals surface area contributed by atoms with Crippen LogP contribution < -0.4 is 9.47 Å². The molecule has 19 heavy (non-hydrogen) atoms. The van der Waals surface area contributed by atoms with Gasteiger partial charge in [-0.3, -0.25) is 0 Å². The third-order valence-electron chi connectivity index (χ3n) is 2.96. The molecule has 0 saturated heterocycles. The van der Waals surface area contributed by atoms with E-state index < -0.39 is 6.10 Å². The fourth-order valence-corrected chi connectivity index (χ4v) is 1.83. The normalized spacial score (nSPS) is 12.5. The van der Waals surface area contributed by atoms with E-state index in [0.29, 0.717) is 24.7 Å². The van der Waals surface area contributed by atoms with E-state index in [-0.39, 0.29) is 0 Å². The lowest BCUT2D eigenvalue weighted by Gasteiger charge is -2.22. The third kappa shape index (κ3) is 4.70. The fourth-order valence-electron chi connectivity index (χ4n) is 1.83. The van der Waals surface area contributed by atoms with Gasteiger partial charge in [-0.25, -0.2) is 0 Å². The van der Waals surface area contributed by atoms with Gasteiger partial charge >= 0.3 is 0 Å². The summed E-state index contributed by atoms with van der Waals surface area (Å²) in [6.07, 6.45) is -0.632. The maximum Gasteiger partial charge on any atom is 0.124 e. The first-order chi connectivity index (χ1) is 9.12. The Morgan fingerprint density at radius 3 is 2.53 bits per heavy atom. The Labute approximate surface area is 114 Å². The van der Waals surface area contributed by atoms with E-state index in [1.807, 2.05) is 18.0 Å². The molecule has 1 aromatic carbocycles. The van der Waals surface area contributed by atoms with Crippen molar-refractivity contribution in [2.24, 2.45) is 0 Å². The van der Waals surface area contributed by atoms with Crippen LogP contribution >= 0.6 is 0 Å². The number of rotatable bonds is 8. The Kier molecular flexibility index (Phi) is 6.62. The summed E-state index contributed by atoms with van der Waals surface area (Å²) in [4.78, 5) is 2.01. The second-order valence-corrected chi connectivity index (χ2v) is 4.38. The van der Waals surface area contributed by atoms with Crippen molar-refractivity contribution in [1.29, 1.82) is 0 Å². The lowest BCUT2D eigenvalue weighted by Crippen LogP contribution is -2.28. The summed E-state index contributed by atoms with van der Waals surface area (Å²) in [5.74, 6) is 1.36. The van der Waals surface area contributed by atoms with Gasteiger partial charge in [0.2, 0.25) is 0 Å². The zero-order chi connectivity index (χ0) is 14.3. The maximum atomic E-state index is 10.3. The quantitative estimate of drug-likeness (QED) is 0.771. The van der Waals surface area contributed by atoms with Crippen molar-refractivity contribution in [3.8, 4) is 11.5 Å². The monoisotopic (exact) mass is 269 g/mol. The Morgan fingerprint density at radius 2 is 1.95 bits per heavy atom. The molecule has 0 aliphatic heterocycles. The molecule has 1 rings (SSSR count). The minimum atomic E-state index is -0.632. The van der Waals surface area contributed by atoms with Gasteiger partial charge in [0.05, 0.1) is 26.9 Å². The van der Waals surface area contributed by atoms with Crippen LogP contribution in [0.5, 0.6) is 11.5 Å². The third-order valence-corrected chi connectivity index (χ3v) is 2.96. The summed E-state index contributed by atoms with van der Waals surface area (Å²) in [5.41, 5.74) is 0.728. The predicted molar refractivity (Wildman–Crippen MR) is 73.9 cm³/mol. The minimum absolute atomic E-state index is 0.507. The highest BCUT2D eigenvalue weighted by Gasteiger charge is 2.16. The Bertz CT molecular complexity index is 384. The van der Waals surface area contributed by atoms with E-state index >= 15 is 0 Å². The molecule has 0 aromatic heterocycles. The van der Waals surface area contributed by atoms with Gasteiger partial charge in [-0.1, -0.05) is 0 Å². The molecule has 0 amide bonds. The van der Waals surface area contributed by atoms with Crippen LogP contribution in [-0.2, 0) is 4.74 Å². The molecule has 0 aliphatic carbocycles. The van der Waals surface area contributed by atoms with Crippen LogP contribution in [-0.4, -0.2) is 58.1 Å². The van der Waals surface area contributed by atoms with Gasteiger partial charge in [-0.2, -0.15) is 0 Å². The second kappa shape index (κ2) is 7.99. The summed E-state index contributed by atoms with van der Waals surface area (Å²) in [5, 5.41) is 10.3. The number of ether oxygens (including phenoxy) is 3. The minimum Gasteiger partial charge on any atom is -0.497 e. The first-order valence-electron chi connectivity index (χ1n) is 6.19. The molecule has 108 valence electrons. The summed E-state index contributed by atoms with van der Waals surface area (Å²) < 4.78 is 15.5. The first-order valence-corrected chi connectivity index (χ1v) is 6.19. The van der Waals surface area contributed by atoms with Gasteiger partial charge in [-0.05, 0) is 25.2 Å². The molecule has 0 radical (unpaired) electrons. The average Bonchev–Trinajstić information content (AvgIpc) is 2.44. The van der Waals surface area contributed by atoms with Crippen LogP contribution in [0, 0.1) is 0 Å². The molecule has 5 heteroatoms. The molecule has 0 aliphatic rings. The lowest BCUT2D eigenvalue weighted by molar-refractivity contribution is 0.102. The van der Waals surface area contributed by atoms with Crippen molar-refractivity contribution in [3.63, 3.8) is 0 Å². The van der Waals surface area contributed by atoms with Gasteiger partial charge in [0.1, 0.15) is 11.5 Å². The molecule has 1 atom stereocenters.